The van der Waals surface area contributed by atoms with E-state index in [0.717, 1.165) is 12.8 Å². The number of nitrogens with one attached hydrogen (secondary N) is 2. The molecule has 100 valence electrons. The molecule has 18 heavy (non-hydrogen) atoms. The van der Waals surface area contributed by atoms with Gasteiger partial charge in [-0.1, -0.05) is 23.8 Å². The van der Waals surface area contributed by atoms with Gasteiger partial charge in [0.15, 0.2) is 0 Å². The standard InChI is InChI=1S/C13H20N2O3/c1-10(16)15-12(9-18-2)13(17)14-8-11-6-4-3-5-7-11/h3-4,6,12H,5,7-9H2,1-2H3,(H,14,17)(H,15,16). The molecule has 0 bridgehead atoms. The van der Waals surface area contributed by atoms with Crippen LogP contribution in [-0.2, 0) is 14.3 Å². The van der Waals surface area contributed by atoms with Gasteiger partial charge in [0.1, 0.15) is 6.04 Å². The molecule has 0 radical (unpaired) electrons. The van der Waals surface area contributed by atoms with Gasteiger partial charge in [-0.25, -0.2) is 0 Å². The second kappa shape index (κ2) is 7.66. The summed E-state index contributed by atoms with van der Waals surface area (Å²) in [5.41, 5.74) is 1.19. The van der Waals surface area contributed by atoms with Crippen molar-refractivity contribution < 1.29 is 14.3 Å². The third-order valence-electron chi connectivity index (χ3n) is 2.62. The first-order valence-corrected chi connectivity index (χ1v) is 6.02. The fraction of sp³-hybridized carbons (Fsp3) is 0.538. The molecule has 1 atom stereocenters. The Morgan fingerprint density at radius 2 is 2.28 bits per heavy atom. The monoisotopic (exact) mass is 252 g/mol. The van der Waals surface area contributed by atoms with Crippen LogP contribution in [0.15, 0.2) is 23.8 Å². The summed E-state index contributed by atoms with van der Waals surface area (Å²) >= 11 is 0. The second-order valence-corrected chi connectivity index (χ2v) is 4.22. The van der Waals surface area contributed by atoms with Crippen molar-refractivity contribution in [3.8, 4) is 0 Å². The topological polar surface area (TPSA) is 67.4 Å². The van der Waals surface area contributed by atoms with E-state index in [0.29, 0.717) is 6.54 Å². The largest absolute Gasteiger partial charge is 0.382 e. The van der Waals surface area contributed by atoms with Crippen LogP contribution in [0.1, 0.15) is 19.8 Å². The summed E-state index contributed by atoms with van der Waals surface area (Å²) in [5, 5.41) is 5.37. The average molecular weight is 252 g/mol. The first kappa shape index (κ1) is 14.4. The minimum absolute atomic E-state index is 0.171. The molecule has 1 aliphatic carbocycles. The molecule has 0 heterocycles. The number of carbonyl (C=O) groups is 2. The lowest BCUT2D eigenvalue weighted by atomic mass is 10.1. The highest BCUT2D eigenvalue weighted by Crippen LogP contribution is 2.10. The minimum atomic E-state index is -0.632. The van der Waals surface area contributed by atoms with Crippen LogP contribution in [0, 0.1) is 0 Å². The Morgan fingerprint density at radius 1 is 1.50 bits per heavy atom. The molecule has 5 heteroatoms. The summed E-state index contributed by atoms with van der Waals surface area (Å²) in [7, 11) is 1.50. The fourth-order valence-corrected chi connectivity index (χ4v) is 1.72. The maximum absolute atomic E-state index is 11.9. The SMILES string of the molecule is COCC(NC(C)=O)C(=O)NCC1=CC=CCC1. The van der Waals surface area contributed by atoms with Crippen LogP contribution in [0.25, 0.3) is 0 Å². The van der Waals surface area contributed by atoms with Gasteiger partial charge in [-0.15, -0.1) is 0 Å². The predicted molar refractivity (Wildman–Crippen MR) is 68.9 cm³/mol. The van der Waals surface area contributed by atoms with E-state index in [1.54, 1.807) is 0 Å². The van der Waals surface area contributed by atoms with E-state index in [9.17, 15) is 9.59 Å². The Morgan fingerprint density at radius 3 is 2.83 bits per heavy atom. The summed E-state index contributed by atoms with van der Waals surface area (Å²) in [6.45, 7) is 2.07. The van der Waals surface area contributed by atoms with E-state index in [4.69, 9.17) is 4.74 Å². The molecular formula is C13H20N2O3. The van der Waals surface area contributed by atoms with Gasteiger partial charge < -0.3 is 15.4 Å². The Hall–Kier alpha value is -1.62. The van der Waals surface area contributed by atoms with Crippen molar-refractivity contribution in [2.24, 2.45) is 0 Å². The lowest BCUT2D eigenvalue weighted by Crippen LogP contribution is -2.49. The maximum atomic E-state index is 11.9. The third kappa shape index (κ3) is 5.14. The zero-order valence-electron chi connectivity index (χ0n) is 10.9. The van der Waals surface area contributed by atoms with Crippen LogP contribution in [0.4, 0.5) is 0 Å². The van der Waals surface area contributed by atoms with E-state index in [2.05, 4.69) is 16.7 Å². The molecule has 0 saturated heterocycles. The summed E-state index contributed by atoms with van der Waals surface area (Å²) < 4.78 is 4.92. The van der Waals surface area contributed by atoms with E-state index in [-0.39, 0.29) is 18.4 Å². The van der Waals surface area contributed by atoms with Gasteiger partial charge in [-0.2, -0.15) is 0 Å². The van der Waals surface area contributed by atoms with Crippen LogP contribution in [0.3, 0.4) is 0 Å². The second-order valence-electron chi connectivity index (χ2n) is 4.22. The van der Waals surface area contributed by atoms with Gasteiger partial charge in [-0.3, -0.25) is 9.59 Å². The van der Waals surface area contributed by atoms with Gasteiger partial charge in [0, 0.05) is 20.6 Å². The molecule has 1 aliphatic rings. The van der Waals surface area contributed by atoms with Crippen LogP contribution in [0.2, 0.25) is 0 Å². The molecular weight excluding hydrogens is 232 g/mol. The molecule has 0 aromatic heterocycles. The quantitative estimate of drug-likeness (QED) is 0.724. The number of allylic oxidation sites excluding steroid dienone is 3. The predicted octanol–water partition coefficient (Wildman–Crippen LogP) is 0.530. The van der Waals surface area contributed by atoms with Gasteiger partial charge in [0.05, 0.1) is 6.61 Å². The highest BCUT2D eigenvalue weighted by molar-refractivity contribution is 5.87. The number of hydrogen-bond acceptors (Lipinski definition) is 3. The van der Waals surface area contributed by atoms with Gasteiger partial charge in [0.2, 0.25) is 11.8 Å². The first-order valence-electron chi connectivity index (χ1n) is 6.02. The lowest BCUT2D eigenvalue weighted by molar-refractivity contribution is -0.129. The van der Waals surface area contributed by atoms with Crippen molar-refractivity contribution >= 4 is 11.8 Å². The number of methoxy groups -OCH3 is 1. The van der Waals surface area contributed by atoms with Gasteiger partial charge in [0.25, 0.3) is 0 Å². The normalized spacial score (nSPS) is 15.8. The molecule has 0 saturated carbocycles. The smallest absolute Gasteiger partial charge is 0.245 e. The van der Waals surface area contributed by atoms with Crippen LogP contribution in [0.5, 0.6) is 0 Å². The molecule has 2 amide bonds. The number of amides is 2. The van der Waals surface area contributed by atoms with Crippen molar-refractivity contribution in [1.82, 2.24) is 10.6 Å². The van der Waals surface area contributed by atoms with Gasteiger partial charge in [-0.05, 0) is 12.8 Å². The summed E-state index contributed by atoms with van der Waals surface area (Å²) in [6, 6.07) is -0.632. The first-order chi connectivity index (χ1) is 8.63. The molecule has 5 nitrogen and oxygen atoms in total. The highest BCUT2D eigenvalue weighted by atomic mass is 16.5. The third-order valence-corrected chi connectivity index (χ3v) is 2.62. The Labute approximate surface area is 107 Å². The molecule has 1 unspecified atom stereocenters. The van der Waals surface area contributed by atoms with E-state index >= 15 is 0 Å². The molecule has 0 aromatic rings. The van der Waals surface area contributed by atoms with Crippen molar-refractivity contribution in [2.45, 2.75) is 25.8 Å². The van der Waals surface area contributed by atoms with Crippen molar-refractivity contribution in [1.29, 1.82) is 0 Å². The van der Waals surface area contributed by atoms with E-state index in [1.807, 2.05) is 12.2 Å². The van der Waals surface area contributed by atoms with Crippen LogP contribution < -0.4 is 10.6 Å². The zero-order chi connectivity index (χ0) is 13.4. The molecule has 2 N–H and O–H groups in total. The van der Waals surface area contributed by atoms with Crippen LogP contribution in [-0.4, -0.2) is 38.1 Å². The summed E-state index contributed by atoms with van der Waals surface area (Å²) in [6.07, 6.45) is 8.07. The van der Waals surface area contributed by atoms with Crippen molar-refractivity contribution in [3.05, 3.63) is 23.8 Å². The number of rotatable bonds is 6. The fourth-order valence-electron chi connectivity index (χ4n) is 1.72. The van der Waals surface area contributed by atoms with Gasteiger partial charge >= 0.3 is 0 Å². The zero-order valence-corrected chi connectivity index (χ0v) is 10.9. The summed E-state index contributed by atoms with van der Waals surface area (Å²) in [5.74, 6) is -0.463. The van der Waals surface area contributed by atoms with Crippen LogP contribution >= 0.6 is 0 Å². The van der Waals surface area contributed by atoms with Crippen molar-refractivity contribution in [3.63, 3.8) is 0 Å². The number of carbonyl (C=O) groups excluding carboxylic acids is 2. The number of hydrogen-bond donors (Lipinski definition) is 2. The summed E-state index contributed by atoms with van der Waals surface area (Å²) in [4.78, 5) is 22.8. The molecule has 1 rings (SSSR count). The Balaban J connectivity index is 2.42. The maximum Gasteiger partial charge on any atom is 0.245 e. The minimum Gasteiger partial charge on any atom is -0.382 e. The Kier molecular flexibility index (Phi) is 6.14. The molecule has 0 aliphatic heterocycles. The molecule has 0 aromatic carbocycles. The Bertz CT molecular complexity index is 361. The number of ether oxygens (including phenoxy) is 1. The average Bonchev–Trinajstić information content (AvgIpc) is 2.36. The lowest BCUT2D eigenvalue weighted by Gasteiger charge is -2.17. The molecule has 0 fully saturated rings. The molecule has 0 spiro atoms. The van der Waals surface area contributed by atoms with E-state index in [1.165, 1.54) is 19.6 Å². The van der Waals surface area contributed by atoms with Crippen molar-refractivity contribution in [2.75, 3.05) is 20.3 Å². The highest BCUT2D eigenvalue weighted by Gasteiger charge is 2.18. The van der Waals surface area contributed by atoms with E-state index < -0.39 is 6.04 Å².